The fourth-order valence-corrected chi connectivity index (χ4v) is 2.73. The molecule has 0 radical (unpaired) electrons. The topological polar surface area (TPSA) is 42.0 Å². The Hall–Kier alpha value is -1.96. The van der Waals surface area contributed by atoms with Crippen LogP contribution >= 0.6 is 0 Å². The van der Waals surface area contributed by atoms with Gasteiger partial charge in [-0.15, -0.1) is 0 Å². The van der Waals surface area contributed by atoms with Gasteiger partial charge in [0.2, 0.25) is 0 Å². The van der Waals surface area contributed by atoms with Gasteiger partial charge in [-0.3, -0.25) is 9.69 Å². The Bertz CT molecular complexity index is 585. The van der Waals surface area contributed by atoms with E-state index in [1.807, 2.05) is 13.8 Å². The number of nitrogens with zero attached hydrogens (tertiary/aromatic N) is 2. The van der Waals surface area contributed by atoms with E-state index in [4.69, 9.17) is 9.47 Å². The lowest BCUT2D eigenvalue weighted by Gasteiger charge is -2.35. The first-order valence-corrected chi connectivity index (χ1v) is 8.32. The van der Waals surface area contributed by atoms with Crippen molar-refractivity contribution in [3.8, 4) is 11.5 Å². The van der Waals surface area contributed by atoms with Crippen LogP contribution in [0.3, 0.4) is 0 Å². The zero-order chi connectivity index (χ0) is 18.4. The van der Waals surface area contributed by atoms with Gasteiger partial charge < -0.3 is 14.4 Å². The Morgan fingerprint density at radius 2 is 1.64 bits per heavy atom. The Labute approximate surface area is 145 Å². The molecule has 1 fully saturated rings. The van der Waals surface area contributed by atoms with Gasteiger partial charge in [-0.1, -0.05) is 0 Å². The molecule has 2 rings (SSSR count). The van der Waals surface area contributed by atoms with Gasteiger partial charge in [-0.2, -0.15) is 13.2 Å². The third-order valence-electron chi connectivity index (χ3n) is 3.85. The molecular weight excluding hydrogens is 337 g/mol. The van der Waals surface area contributed by atoms with Crippen molar-refractivity contribution < 1.29 is 27.4 Å². The Morgan fingerprint density at radius 1 is 1.04 bits per heavy atom. The number of amides is 1. The van der Waals surface area contributed by atoms with Crippen LogP contribution < -0.4 is 9.47 Å². The number of hydrogen-bond donors (Lipinski definition) is 0. The highest BCUT2D eigenvalue weighted by Crippen LogP contribution is 2.29. The normalized spacial score (nSPS) is 16.0. The van der Waals surface area contributed by atoms with E-state index in [1.54, 1.807) is 23.1 Å². The predicted octanol–water partition coefficient (Wildman–Crippen LogP) is 2.80. The van der Waals surface area contributed by atoms with Crippen molar-refractivity contribution >= 4 is 5.91 Å². The van der Waals surface area contributed by atoms with Gasteiger partial charge in [-0.05, 0) is 32.0 Å². The van der Waals surface area contributed by atoms with Crippen LogP contribution in [0.5, 0.6) is 11.5 Å². The van der Waals surface area contributed by atoms with E-state index in [2.05, 4.69) is 0 Å². The molecule has 1 saturated heterocycles. The minimum Gasteiger partial charge on any atom is -0.490 e. The summed E-state index contributed by atoms with van der Waals surface area (Å²) in [4.78, 5) is 15.5. The molecule has 1 heterocycles. The molecule has 1 aromatic rings. The Morgan fingerprint density at radius 3 is 2.20 bits per heavy atom. The van der Waals surface area contributed by atoms with Crippen molar-refractivity contribution in [2.24, 2.45) is 0 Å². The molecule has 0 aromatic heterocycles. The molecular formula is C17H23F3N2O3. The largest absolute Gasteiger partial charge is 0.490 e. The maximum Gasteiger partial charge on any atom is 0.401 e. The zero-order valence-electron chi connectivity index (χ0n) is 14.4. The predicted molar refractivity (Wildman–Crippen MR) is 87.2 cm³/mol. The molecule has 1 aliphatic rings. The number of carbonyl (C=O) groups is 1. The standard InChI is InChI=1S/C17H23F3N2O3/c1-3-24-14-6-5-13(11-15(14)25-4-2)16(23)22-9-7-21(8-10-22)12-17(18,19)20/h5-6,11H,3-4,7-10,12H2,1-2H3. The lowest BCUT2D eigenvalue weighted by molar-refractivity contribution is -0.148. The average molecular weight is 360 g/mol. The molecule has 1 amide bonds. The summed E-state index contributed by atoms with van der Waals surface area (Å²) in [6.45, 7) is 4.63. The SMILES string of the molecule is CCOc1ccc(C(=O)N2CCN(CC(F)(F)F)CC2)cc1OCC. The maximum atomic E-state index is 12.6. The van der Waals surface area contributed by atoms with Gasteiger partial charge >= 0.3 is 6.18 Å². The third kappa shape index (κ3) is 5.52. The van der Waals surface area contributed by atoms with E-state index in [9.17, 15) is 18.0 Å². The van der Waals surface area contributed by atoms with Gasteiger partial charge in [0.1, 0.15) is 0 Å². The summed E-state index contributed by atoms with van der Waals surface area (Å²) >= 11 is 0. The Balaban J connectivity index is 2.02. The second-order valence-electron chi connectivity index (χ2n) is 5.71. The molecule has 0 spiro atoms. The number of piperazine rings is 1. The summed E-state index contributed by atoms with van der Waals surface area (Å²) in [5.41, 5.74) is 0.441. The molecule has 140 valence electrons. The van der Waals surface area contributed by atoms with Crippen LogP contribution in [0.4, 0.5) is 13.2 Å². The minimum absolute atomic E-state index is 0.209. The highest BCUT2D eigenvalue weighted by Gasteiger charge is 2.33. The first-order chi connectivity index (χ1) is 11.8. The number of halogens is 3. The maximum absolute atomic E-state index is 12.6. The molecule has 0 saturated carbocycles. The highest BCUT2D eigenvalue weighted by atomic mass is 19.4. The van der Waals surface area contributed by atoms with E-state index in [0.29, 0.717) is 30.3 Å². The molecule has 5 nitrogen and oxygen atoms in total. The van der Waals surface area contributed by atoms with Crippen molar-refractivity contribution in [1.82, 2.24) is 9.80 Å². The molecule has 0 N–H and O–H groups in total. The Kier molecular flexibility index (Phi) is 6.52. The fourth-order valence-electron chi connectivity index (χ4n) is 2.73. The lowest BCUT2D eigenvalue weighted by atomic mass is 10.1. The van der Waals surface area contributed by atoms with Crippen LogP contribution in [0, 0.1) is 0 Å². The summed E-state index contributed by atoms with van der Waals surface area (Å²) in [7, 11) is 0. The molecule has 1 aromatic carbocycles. The molecule has 0 bridgehead atoms. The van der Waals surface area contributed by atoms with Gasteiger partial charge in [-0.25, -0.2) is 0 Å². The number of ether oxygens (including phenoxy) is 2. The number of carbonyl (C=O) groups excluding carboxylic acids is 1. The average Bonchev–Trinajstić information content (AvgIpc) is 2.55. The van der Waals surface area contributed by atoms with Gasteiger partial charge in [0, 0.05) is 31.7 Å². The molecule has 25 heavy (non-hydrogen) atoms. The smallest absolute Gasteiger partial charge is 0.401 e. The first-order valence-electron chi connectivity index (χ1n) is 8.32. The zero-order valence-corrected chi connectivity index (χ0v) is 14.4. The summed E-state index contributed by atoms with van der Waals surface area (Å²) in [5.74, 6) is 0.845. The molecule has 8 heteroatoms. The van der Waals surface area contributed by atoms with Crippen molar-refractivity contribution in [1.29, 1.82) is 0 Å². The van der Waals surface area contributed by atoms with E-state index < -0.39 is 12.7 Å². The van der Waals surface area contributed by atoms with E-state index in [1.165, 1.54) is 4.90 Å². The second kappa shape index (κ2) is 8.42. The fraction of sp³-hybridized carbons (Fsp3) is 0.588. The lowest BCUT2D eigenvalue weighted by Crippen LogP contribution is -2.50. The number of alkyl halides is 3. The van der Waals surface area contributed by atoms with Gasteiger partial charge in [0.25, 0.3) is 5.91 Å². The minimum atomic E-state index is -4.21. The van der Waals surface area contributed by atoms with Crippen LogP contribution in [0.25, 0.3) is 0 Å². The quantitative estimate of drug-likeness (QED) is 0.782. The van der Waals surface area contributed by atoms with E-state index >= 15 is 0 Å². The highest BCUT2D eigenvalue weighted by molar-refractivity contribution is 5.95. The van der Waals surface area contributed by atoms with Crippen molar-refractivity contribution in [2.45, 2.75) is 20.0 Å². The van der Waals surface area contributed by atoms with E-state index in [0.717, 1.165) is 0 Å². The summed E-state index contributed by atoms with van der Waals surface area (Å²) < 4.78 is 48.3. The first kappa shape index (κ1) is 19.4. The van der Waals surface area contributed by atoms with Crippen LogP contribution in [0.2, 0.25) is 0 Å². The van der Waals surface area contributed by atoms with Crippen LogP contribution in [0.1, 0.15) is 24.2 Å². The number of rotatable bonds is 6. The monoisotopic (exact) mass is 360 g/mol. The van der Waals surface area contributed by atoms with Crippen LogP contribution in [0.15, 0.2) is 18.2 Å². The number of hydrogen-bond acceptors (Lipinski definition) is 4. The molecule has 0 aliphatic carbocycles. The number of benzene rings is 1. The third-order valence-corrected chi connectivity index (χ3v) is 3.85. The van der Waals surface area contributed by atoms with Crippen molar-refractivity contribution in [3.05, 3.63) is 23.8 Å². The van der Waals surface area contributed by atoms with Crippen LogP contribution in [-0.4, -0.2) is 67.8 Å². The van der Waals surface area contributed by atoms with Gasteiger partial charge in [0.05, 0.1) is 19.8 Å². The van der Waals surface area contributed by atoms with E-state index in [-0.39, 0.29) is 32.1 Å². The summed E-state index contributed by atoms with van der Waals surface area (Å²) in [5, 5.41) is 0. The molecule has 1 aliphatic heterocycles. The second-order valence-corrected chi connectivity index (χ2v) is 5.71. The molecule has 0 unspecified atom stereocenters. The van der Waals surface area contributed by atoms with Gasteiger partial charge in [0.15, 0.2) is 11.5 Å². The summed E-state index contributed by atoms with van der Waals surface area (Å²) in [6.07, 6.45) is -4.21. The molecule has 0 atom stereocenters. The van der Waals surface area contributed by atoms with Crippen molar-refractivity contribution in [2.75, 3.05) is 45.9 Å². The van der Waals surface area contributed by atoms with Crippen LogP contribution in [-0.2, 0) is 0 Å². The van der Waals surface area contributed by atoms with Crippen molar-refractivity contribution in [3.63, 3.8) is 0 Å². The summed E-state index contributed by atoms with van der Waals surface area (Å²) in [6, 6.07) is 4.96.